The van der Waals surface area contributed by atoms with Gasteiger partial charge in [-0.1, -0.05) is 19.1 Å². The van der Waals surface area contributed by atoms with E-state index in [1.807, 2.05) is 18.5 Å². The number of rotatable bonds is 5. The first kappa shape index (κ1) is 14.6. The number of aromatic nitrogens is 1. The summed E-state index contributed by atoms with van der Waals surface area (Å²) in [5.74, 6) is 0.333. The second-order valence-electron chi connectivity index (χ2n) is 4.79. The minimum atomic E-state index is -0.351. The summed E-state index contributed by atoms with van der Waals surface area (Å²) < 4.78 is 0. The fourth-order valence-corrected chi connectivity index (χ4v) is 2.89. The summed E-state index contributed by atoms with van der Waals surface area (Å²) in [6.07, 6.45) is 0. The Morgan fingerprint density at radius 2 is 2.25 bits per heavy atom. The predicted octanol–water partition coefficient (Wildman–Crippen LogP) is 3.35. The van der Waals surface area contributed by atoms with Crippen molar-refractivity contribution in [2.75, 3.05) is 13.6 Å². The first-order chi connectivity index (χ1) is 9.52. The van der Waals surface area contributed by atoms with Gasteiger partial charge < -0.3 is 5.32 Å². The van der Waals surface area contributed by atoms with Crippen molar-refractivity contribution in [3.8, 4) is 11.3 Å². The summed E-state index contributed by atoms with van der Waals surface area (Å²) in [5, 5.41) is 17.1. The number of aryl methyl sites for hydroxylation is 1. The van der Waals surface area contributed by atoms with E-state index < -0.39 is 0 Å². The molecule has 0 aliphatic rings. The topological polar surface area (TPSA) is 68.1 Å². The molecule has 6 heteroatoms. The quantitative estimate of drug-likeness (QED) is 0.677. The molecule has 0 saturated heterocycles. The molecule has 1 aromatic heterocycles. The number of hydrogen-bond donors (Lipinski definition) is 1. The summed E-state index contributed by atoms with van der Waals surface area (Å²) in [5.41, 5.74) is 2.40. The number of nitro benzene ring substituents is 1. The molecule has 1 atom stereocenters. The first-order valence-corrected chi connectivity index (χ1v) is 7.26. The van der Waals surface area contributed by atoms with Gasteiger partial charge in [0.2, 0.25) is 0 Å². The van der Waals surface area contributed by atoms with Gasteiger partial charge in [-0.05, 0) is 14.0 Å². The van der Waals surface area contributed by atoms with Crippen molar-refractivity contribution < 1.29 is 4.92 Å². The number of thiazole rings is 1. The van der Waals surface area contributed by atoms with E-state index >= 15 is 0 Å². The van der Waals surface area contributed by atoms with Crippen LogP contribution in [0.15, 0.2) is 23.6 Å². The third-order valence-electron chi connectivity index (χ3n) is 3.16. The number of hydrogen-bond acceptors (Lipinski definition) is 5. The van der Waals surface area contributed by atoms with Gasteiger partial charge in [0.25, 0.3) is 5.69 Å². The van der Waals surface area contributed by atoms with Crippen LogP contribution in [0.4, 0.5) is 5.69 Å². The summed E-state index contributed by atoms with van der Waals surface area (Å²) in [4.78, 5) is 15.2. The lowest BCUT2D eigenvalue weighted by Crippen LogP contribution is -2.14. The number of benzene rings is 1. The fraction of sp³-hybridized carbons (Fsp3) is 0.357. The van der Waals surface area contributed by atoms with E-state index in [4.69, 9.17) is 0 Å². The molecule has 1 N–H and O–H groups in total. The molecule has 5 nitrogen and oxygen atoms in total. The van der Waals surface area contributed by atoms with E-state index in [0.717, 1.165) is 22.8 Å². The number of nitro groups is 1. The highest BCUT2D eigenvalue weighted by Crippen LogP contribution is 2.29. The normalized spacial score (nSPS) is 12.3. The third kappa shape index (κ3) is 3.02. The lowest BCUT2D eigenvalue weighted by molar-refractivity contribution is -0.385. The van der Waals surface area contributed by atoms with Gasteiger partial charge in [0.15, 0.2) is 0 Å². The average molecular weight is 291 g/mol. The molecular formula is C14H17N3O2S. The number of likely N-dealkylation sites (N-methyl/N-ethyl adjacent to an activating group) is 1. The molecule has 1 heterocycles. The maximum atomic E-state index is 11.0. The van der Waals surface area contributed by atoms with Crippen LogP contribution < -0.4 is 5.32 Å². The molecule has 0 aliphatic carbocycles. The van der Waals surface area contributed by atoms with Crippen LogP contribution in [-0.2, 0) is 0 Å². The van der Waals surface area contributed by atoms with Crippen molar-refractivity contribution in [1.29, 1.82) is 0 Å². The monoisotopic (exact) mass is 291 g/mol. The molecule has 0 amide bonds. The highest BCUT2D eigenvalue weighted by molar-refractivity contribution is 7.10. The van der Waals surface area contributed by atoms with Crippen molar-refractivity contribution in [1.82, 2.24) is 10.3 Å². The molecule has 0 fully saturated rings. The SMILES string of the molecule is CNCC(C)c1nc(-c2ccc(C)c([N+](=O)[O-])c2)cs1. The summed E-state index contributed by atoms with van der Waals surface area (Å²) in [6.45, 7) is 4.71. The maximum absolute atomic E-state index is 11.0. The van der Waals surface area contributed by atoms with Gasteiger partial charge in [0.1, 0.15) is 0 Å². The first-order valence-electron chi connectivity index (χ1n) is 6.38. The van der Waals surface area contributed by atoms with Crippen molar-refractivity contribution in [3.63, 3.8) is 0 Å². The van der Waals surface area contributed by atoms with Crippen molar-refractivity contribution in [2.45, 2.75) is 19.8 Å². The van der Waals surface area contributed by atoms with Crippen LogP contribution in [0.2, 0.25) is 0 Å². The maximum Gasteiger partial charge on any atom is 0.272 e. The zero-order valence-corrected chi connectivity index (χ0v) is 12.5. The Bertz CT molecular complexity index is 625. The van der Waals surface area contributed by atoms with Crippen LogP contribution in [-0.4, -0.2) is 23.5 Å². The smallest absolute Gasteiger partial charge is 0.272 e. The van der Waals surface area contributed by atoms with Crippen molar-refractivity contribution in [2.24, 2.45) is 0 Å². The van der Waals surface area contributed by atoms with Crippen LogP contribution in [0.5, 0.6) is 0 Å². The Hall–Kier alpha value is -1.79. The van der Waals surface area contributed by atoms with E-state index in [1.165, 1.54) is 0 Å². The molecule has 2 aromatic rings. The van der Waals surface area contributed by atoms with Crippen molar-refractivity contribution >= 4 is 17.0 Å². The highest BCUT2D eigenvalue weighted by Gasteiger charge is 2.15. The van der Waals surface area contributed by atoms with Gasteiger partial charge in [0.05, 0.1) is 15.6 Å². The molecule has 0 bridgehead atoms. The third-order valence-corrected chi connectivity index (χ3v) is 4.23. The van der Waals surface area contributed by atoms with E-state index in [0.29, 0.717) is 11.5 Å². The summed E-state index contributed by atoms with van der Waals surface area (Å²) in [6, 6.07) is 5.24. The molecule has 106 valence electrons. The second-order valence-corrected chi connectivity index (χ2v) is 5.68. The molecule has 1 aromatic carbocycles. The largest absolute Gasteiger partial charge is 0.319 e. The zero-order chi connectivity index (χ0) is 14.7. The Morgan fingerprint density at radius 3 is 2.90 bits per heavy atom. The van der Waals surface area contributed by atoms with Crippen molar-refractivity contribution in [3.05, 3.63) is 44.3 Å². The van der Waals surface area contributed by atoms with Gasteiger partial charge in [-0.25, -0.2) is 4.98 Å². The predicted molar refractivity (Wildman–Crippen MR) is 81.3 cm³/mol. The number of nitrogens with one attached hydrogen (secondary N) is 1. The minimum absolute atomic E-state index is 0.139. The molecule has 2 rings (SSSR count). The van der Waals surface area contributed by atoms with Crippen LogP contribution in [0.1, 0.15) is 23.4 Å². The second kappa shape index (κ2) is 6.11. The van der Waals surface area contributed by atoms with Crippen LogP contribution >= 0.6 is 11.3 Å². The molecule has 0 radical (unpaired) electrons. The zero-order valence-electron chi connectivity index (χ0n) is 11.7. The number of nitrogens with zero attached hydrogens (tertiary/aromatic N) is 2. The van der Waals surface area contributed by atoms with Gasteiger partial charge in [-0.2, -0.15) is 0 Å². The van der Waals surface area contributed by atoms with E-state index in [2.05, 4.69) is 17.2 Å². The van der Waals surface area contributed by atoms with Gasteiger partial charge in [-0.15, -0.1) is 11.3 Å². The van der Waals surface area contributed by atoms with Crippen LogP contribution in [0.25, 0.3) is 11.3 Å². The Kier molecular flexibility index (Phi) is 4.46. The standard InChI is InChI=1S/C14H17N3O2S/c1-9-4-5-11(6-13(9)17(18)19)12-8-20-14(16-12)10(2)7-15-3/h4-6,8,10,15H,7H2,1-3H3. The van der Waals surface area contributed by atoms with E-state index in [9.17, 15) is 10.1 Å². The van der Waals surface area contributed by atoms with Gasteiger partial charge >= 0.3 is 0 Å². The lowest BCUT2D eigenvalue weighted by atomic mass is 10.1. The Morgan fingerprint density at radius 1 is 1.50 bits per heavy atom. The van der Waals surface area contributed by atoms with E-state index in [1.54, 1.807) is 30.4 Å². The molecule has 20 heavy (non-hydrogen) atoms. The molecule has 0 aliphatic heterocycles. The average Bonchev–Trinajstić information content (AvgIpc) is 2.89. The minimum Gasteiger partial charge on any atom is -0.319 e. The summed E-state index contributed by atoms with van der Waals surface area (Å²) >= 11 is 1.59. The molecule has 0 spiro atoms. The lowest BCUT2D eigenvalue weighted by Gasteiger charge is -2.06. The molecule has 1 unspecified atom stereocenters. The summed E-state index contributed by atoms with van der Waals surface area (Å²) in [7, 11) is 1.91. The van der Waals surface area contributed by atoms with Gasteiger partial charge in [0, 0.05) is 35.0 Å². The van der Waals surface area contributed by atoms with Gasteiger partial charge in [-0.3, -0.25) is 10.1 Å². The van der Waals surface area contributed by atoms with Crippen LogP contribution in [0, 0.1) is 17.0 Å². The van der Waals surface area contributed by atoms with E-state index in [-0.39, 0.29) is 10.6 Å². The fourth-order valence-electron chi connectivity index (χ4n) is 2.01. The highest BCUT2D eigenvalue weighted by atomic mass is 32.1. The Balaban J connectivity index is 2.33. The molecular weight excluding hydrogens is 274 g/mol. The molecule has 0 saturated carbocycles. The Labute approximate surface area is 121 Å². The van der Waals surface area contributed by atoms with Crippen LogP contribution in [0.3, 0.4) is 0 Å².